The number of nitrogens with one attached hydrogen (secondary N) is 1. The Kier molecular flexibility index (Phi) is 12.0. The maximum absolute atomic E-state index is 14.5. The summed E-state index contributed by atoms with van der Waals surface area (Å²) in [6.07, 6.45) is 11.2. The van der Waals surface area contributed by atoms with Crippen molar-refractivity contribution in [1.82, 2.24) is 0 Å². The zero-order chi connectivity index (χ0) is 43.7. The molecule has 2 amide bonds. The first kappa shape index (κ1) is 42.4. The third kappa shape index (κ3) is 8.09. The Morgan fingerprint density at radius 1 is 0.790 bits per heavy atom. The van der Waals surface area contributed by atoms with Crippen molar-refractivity contribution >= 4 is 46.2 Å². The van der Waals surface area contributed by atoms with E-state index >= 15 is 0 Å². The van der Waals surface area contributed by atoms with E-state index in [1.807, 2.05) is 104 Å². The number of aldehydes is 1. The van der Waals surface area contributed by atoms with Crippen LogP contribution in [0.25, 0.3) is 33.0 Å². The number of hydrogen-bond acceptors (Lipinski definition) is 5. The molecule has 0 atom stereocenters. The van der Waals surface area contributed by atoms with Crippen molar-refractivity contribution < 1.29 is 23.9 Å². The first-order chi connectivity index (χ1) is 29.9. The Hall–Kier alpha value is -6.34. The molecule has 0 radical (unpaired) electrons. The van der Waals surface area contributed by atoms with Crippen LogP contribution in [0.3, 0.4) is 0 Å². The van der Waals surface area contributed by atoms with Gasteiger partial charge in [0.25, 0.3) is 11.8 Å². The smallest absolute Gasteiger partial charge is 0.308 e. The van der Waals surface area contributed by atoms with Gasteiger partial charge in [-0.2, -0.15) is 0 Å². The second-order valence-electron chi connectivity index (χ2n) is 17.9. The van der Waals surface area contributed by atoms with E-state index in [0.29, 0.717) is 45.3 Å². The Bertz CT molecular complexity index is 2670. The number of carbonyl (C=O) groups excluding carboxylic acids is 4. The number of benzene rings is 6. The van der Waals surface area contributed by atoms with E-state index in [-0.39, 0.29) is 11.8 Å². The second-order valence-corrected chi connectivity index (χ2v) is 17.9. The summed E-state index contributed by atoms with van der Waals surface area (Å²) in [6.45, 7) is 9.72. The minimum absolute atomic E-state index is 0.132. The Morgan fingerprint density at radius 2 is 1.42 bits per heavy atom. The molecule has 2 aliphatic carbocycles. The summed E-state index contributed by atoms with van der Waals surface area (Å²) in [4.78, 5) is 54.5. The highest BCUT2D eigenvalue weighted by Gasteiger charge is 2.41. The van der Waals surface area contributed by atoms with E-state index < -0.39 is 11.4 Å². The lowest BCUT2D eigenvalue weighted by atomic mass is 9.77. The van der Waals surface area contributed by atoms with Gasteiger partial charge in [-0.15, -0.1) is 0 Å². The number of fused-ring (bicyclic) bond motifs is 5. The van der Waals surface area contributed by atoms with Crippen LogP contribution in [-0.2, 0) is 10.2 Å². The van der Waals surface area contributed by atoms with E-state index in [4.69, 9.17) is 4.74 Å². The van der Waals surface area contributed by atoms with Crippen LogP contribution < -0.4 is 15.0 Å². The molecule has 0 heterocycles. The molecule has 0 unspecified atom stereocenters. The summed E-state index contributed by atoms with van der Waals surface area (Å²) in [5, 5.41) is 4.66. The fraction of sp³-hybridized carbons (Fsp3) is 0.309. The van der Waals surface area contributed by atoms with Gasteiger partial charge in [-0.25, -0.2) is 0 Å². The highest BCUT2D eigenvalue weighted by molar-refractivity contribution is 6.16. The average Bonchev–Trinajstić information content (AvgIpc) is 3.51. The van der Waals surface area contributed by atoms with Crippen molar-refractivity contribution in [3.05, 3.63) is 148 Å². The van der Waals surface area contributed by atoms with Crippen molar-refractivity contribution in [3.8, 4) is 28.0 Å². The molecule has 62 heavy (non-hydrogen) atoms. The molecular weight excluding hydrogens is 769 g/mol. The lowest BCUT2D eigenvalue weighted by Gasteiger charge is -2.29. The van der Waals surface area contributed by atoms with Crippen LogP contribution in [0.1, 0.15) is 138 Å². The fourth-order valence-corrected chi connectivity index (χ4v) is 9.98. The fourth-order valence-electron chi connectivity index (χ4n) is 9.98. The van der Waals surface area contributed by atoms with E-state index in [2.05, 4.69) is 38.2 Å². The molecule has 0 saturated heterocycles. The Balaban J connectivity index is 0.960. The van der Waals surface area contributed by atoms with E-state index in [9.17, 15) is 19.2 Å². The van der Waals surface area contributed by atoms with Crippen molar-refractivity contribution in [2.24, 2.45) is 5.92 Å². The maximum Gasteiger partial charge on any atom is 0.308 e. The predicted molar refractivity (Wildman–Crippen MR) is 251 cm³/mol. The van der Waals surface area contributed by atoms with E-state index in [1.54, 1.807) is 11.9 Å². The molecule has 8 rings (SSSR count). The van der Waals surface area contributed by atoms with Gasteiger partial charge < -0.3 is 15.0 Å². The summed E-state index contributed by atoms with van der Waals surface area (Å²) in [5.41, 5.74) is 9.67. The molecule has 0 aromatic heterocycles. The van der Waals surface area contributed by atoms with Gasteiger partial charge in [-0.3, -0.25) is 19.2 Å². The molecule has 1 saturated carbocycles. The van der Waals surface area contributed by atoms with Crippen LogP contribution in [0, 0.1) is 12.8 Å². The molecule has 0 bridgehead atoms. The number of esters is 1. The second kappa shape index (κ2) is 17.6. The van der Waals surface area contributed by atoms with Crippen LogP contribution >= 0.6 is 0 Å². The predicted octanol–water partition coefficient (Wildman–Crippen LogP) is 13.2. The maximum atomic E-state index is 14.5. The third-order valence-electron chi connectivity index (χ3n) is 13.5. The van der Waals surface area contributed by atoms with Gasteiger partial charge in [0.1, 0.15) is 5.75 Å². The van der Waals surface area contributed by atoms with E-state index in [0.717, 1.165) is 56.4 Å². The molecule has 6 aromatic rings. The zero-order valence-electron chi connectivity index (χ0n) is 36.8. The molecule has 7 heteroatoms. The number of amides is 2. The number of rotatable bonds is 12. The molecule has 0 spiro atoms. The first-order valence-corrected chi connectivity index (χ1v) is 22.2. The molecule has 7 nitrogen and oxygen atoms in total. The molecule has 0 aliphatic heterocycles. The topological polar surface area (TPSA) is 92.8 Å². The van der Waals surface area contributed by atoms with Gasteiger partial charge in [-0.05, 0) is 137 Å². The molecule has 6 aromatic carbocycles. The highest BCUT2D eigenvalue weighted by Crippen LogP contribution is 2.55. The third-order valence-corrected chi connectivity index (χ3v) is 13.5. The monoisotopic (exact) mass is 824 g/mol. The molecule has 316 valence electrons. The van der Waals surface area contributed by atoms with Crippen LogP contribution in [0.15, 0.2) is 109 Å². The molecule has 1 fully saturated rings. The Labute approximate surface area is 365 Å². The highest BCUT2D eigenvalue weighted by atomic mass is 16.5. The molecular formula is C55H56N2O5. The van der Waals surface area contributed by atoms with Gasteiger partial charge in [0.05, 0.1) is 5.56 Å². The van der Waals surface area contributed by atoms with Gasteiger partial charge >= 0.3 is 5.97 Å². The molecule has 1 N–H and O–H groups in total. The first-order valence-electron chi connectivity index (χ1n) is 22.2. The van der Waals surface area contributed by atoms with Gasteiger partial charge in [-0.1, -0.05) is 113 Å². The van der Waals surface area contributed by atoms with Crippen LogP contribution in [0.4, 0.5) is 11.4 Å². The number of nitrogens with zero attached hydrogens (tertiary/aromatic N) is 1. The van der Waals surface area contributed by atoms with Crippen LogP contribution in [-0.4, -0.2) is 31.1 Å². The number of ether oxygens (including phenoxy) is 1. The van der Waals surface area contributed by atoms with Crippen LogP contribution in [0.5, 0.6) is 5.75 Å². The number of carbonyl (C=O) groups is 4. The number of unbranched alkanes of at least 4 members (excludes halogenated alkanes) is 2. The van der Waals surface area contributed by atoms with Crippen molar-refractivity contribution in [2.45, 2.75) is 97.3 Å². The number of aryl methyl sites for hydroxylation is 1. The lowest BCUT2D eigenvalue weighted by Crippen LogP contribution is -2.28. The minimum atomic E-state index is -0.530. The summed E-state index contributed by atoms with van der Waals surface area (Å²) < 4.78 is 5.68. The minimum Gasteiger partial charge on any atom is -0.426 e. The summed E-state index contributed by atoms with van der Waals surface area (Å²) >= 11 is 0. The number of anilines is 2. The average molecular weight is 825 g/mol. The summed E-state index contributed by atoms with van der Waals surface area (Å²) in [7, 11) is 1.72. The van der Waals surface area contributed by atoms with Crippen molar-refractivity contribution in [1.29, 1.82) is 0 Å². The SMILES string of the molecule is CCCCCC1CCC(c2ccc(C(=O)Nc3ccc(-c4ccc(N(C)C(=O)c5c(C)cc6c(c5C=O)-c5c(cc(OC(C)=O)c7ccccc57)C6(C)C)cc4)cc3)cc2)CC1. The van der Waals surface area contributed by atoms with Gasteiger partial charge in [0.2, 0.25) is 0 Å². The van der Waals surface area contributed by atoms with Gasteiger partial charge in [0.15, 0.2) is 6.29 Å². The van der Waals surface area contributed by atoms with Gasteiger partial charge in [0, 0.05) is 47.3 Å². The van der Waals surface area contributed by atoms with Crippen molar-refractivity contribution in [3.63, 3.8) is 0 Å². The quantitative estimate of drug-likeness (QED) is 0.0574. The summed E-state index contributed by atoms with van der Waals surface area (Å²) in [5.74, 6) is 1.10. The molecule has 2 aliphatic rings. The zero-order valence-corrected chi connectivity index (χ0v) is 36.8. The standard InChI is InChI=1S/C55H56N2O5/c1-7-8-9-12-36-15-17-37(18-16-36)38-19-21-41(22-20-38)53(60)56-42-27-23-39(24-28-42)40-25-29-43(30-26-40)57(6)54(61)50-34(2)31-47-52(46(50)33-58)51-45-14-11-10-13-44(45)49(62-35(3)59)32-48(51)55(47,4)5/h10-11,13-14,19-33,36-37H,7-9,12,15-18H2,1-6H3,(H,56,60). The Morgan fingerprint density at radius 3 is 2.05 bits per heavy atom. The van der Waals surface area contributed by atoms with E-state index in [1.165, 1.54) is 63.9 Å². The number of hydrogen-bond donors (Lipinski definition) is 1. The summed E-state index contributed by atoms with van der Waals surface area (Å²) in [6, 6.07) is 35.3. The largest absolute Gasteiger partial charge is 0.426 e. The lowest BCUT2D eigenvalue weighted by molar-refractivity contribution is -0.131. The van der Waals surface area contributed by atoms with Crippen molar-refractivity contribution in [2.75, 3.05) is 17.3 Å². The van der Waals surface area contributed by atoms with Crippen LogP contribution in [0.2, 0.25) is 0 Å². The normalized spacial score (nSPS) is 16.3.